The molecule has 0 spiro atoms. The molecule has 146 valence electrons. The van der Waals surface area contributed by atoms with Crippen molar-refractivity contribution in [1.29, 1.82) is 0 Å². The van der Waals surface area contributed by atoms with Gasteiger partial charge in [-0.2, -0.15) is 0 Å². The molecule has 2 N–H and O–H groups in total. The number of nitrogens with one attached hydrogen (secondary N) is 1. The number of rotatable bonds is 4. The second-order valence-corrected chi connectivity index (χ2v) is 7.63. The van der Waals surface area contributed by atoms with Crippen LogP contribution < -0.4 is 4.74 Å². The van der Waals surface area contributed by atoms with Crippen molar-refractivity contribution in [3.8, 4) is 11.6 Å². The number of hydrogen-bond acceptors (Lipinski definition) is 4. The maximum atomic E-state index is 12.4. The van der Waals surface area contributed by atoms with Gasteiger partial charge in [-0.3, -0.25) is 4.79 Å². The summed E-state index contributed by atoms with van der Waals surface area (Å²) in [5.41, 5.74) is 1.90. The molecular formula is C22H18BrN3O3. The number of halogens is 1. The molecule has 1 atom stereocenters. The van der Waals surface area contributed by atoms with Crippen molar-refractivity contribution in [3.63, 3.8) is 0 Å². The molecule has 4 aromatic rings. The number of aromatic nitrogens is 1. The Morgan fingerprint density at radius 3 is 2.69 bits per heavy atom. The normalized spacial score (nSPS) is 12.7. The number of benzene rings is 3. The molecule has 0 aliphatic heterocycles. The van der Waals surface area contributed by atoms with E-state index >= 15 is 0 Å². The van der Waals surface area contributed by atoms with E-state index in [2.05, 4.69) is 31.1 Å². The van der Waals surface area contributed by atoms with E-state index in [4.69, 9.17) is 4.74 Å². The van der Waals surface area contributed by atoms with E-state index in [1.54, 1.807) is 6.92 Å². The maximum Gasteiger partial charge on any atom is 0.304 e. The quantitative estimate of drug-likeness (QED) is 0.363. The molecule has 7 heteroatoms. The lowest BCUT2D eigenvalue weighted by molar-refractivity contribution is -0.124. The molecule has 1 aromatic heterocycles. The summed E-state index contributed by atoms with van der Waals surface area (Å²) in [5, 5.41) is 20.7. The van der Waals surface area contributed by atoms with Crippen molar-refractivity contribution in [2.24, 2.45) is 10.2 Å². The molecule has 0 radical (unpaired) electrons. The largest absolute Gasteiger partial charge is 0.493 e. The van der Waals surface area contributed by atoms with Gasteiger partial charge in [-0.15, -0.1) is 10.2 Å². The lowest BCUT2D eigenvalue weighted by atomic mass is 10.1. The molecule has 1 heterocycles. The predicted octanol–water partition coefficient (Wildman–Crippen LogP) is 6.18. The zero-order chi connectivity index (χ0) is 20.5. The number of amides is 1. The van der Waals surface area contributed by atoms with Crippen molar-refractivity contribution < 1.29 is 14.6 Å². The van der Waals surface area contributed by atoms with E-state index in [0.717, 1.165) is 20.8 Å². The van der Waals surface area contributed by atoms with Crippen molar-refractivity contribution >= 4 is 49.2 Å². The Bertz CT molecular complexity index is 1260. The van der Waals surface area contributed by atoms with Gasteiger partial charge < -0.3 is 14.8 Å². The fourth-order valence-electron chi connectivity index (χ4n) is 3.07. The molecule has 4 rings (SSSR count). The van der Waals surface area contributed by atoms with Gasteiger partial charge in [0.1, 0.15) is 5.75 Å². The Kier molecular flexibility index (Phi) is 5.07. The van der Waals surface area contributed by atoms with E-state index in [1.165, 1.54) is 0 Å². The SMILES string of the molecule is Cc1cc2c(N=NC(=O)C(C)Oc3ccc4ccccc4c3)c(O)[nH]c2cc1Br. The first-order valence-corrected chi connectivity index (χ1v) is 9.83. The van der Waals surface area contributed by atoms with Gasteiger partial charge in [0.2, 0.25) is 5.88 Å². The zero-order valence-electron chi connectivity index (χ0n) is 15.8. The number of nitrogens with zero attached hydrogens (tertiary/aromatic N) is 2. The molecule has 1 amide bonds. The first kappa shape index (κ1) is 19.1. The Morgan fingerprint density at radius 2 is 1.90 bits per heavy atom. The van der Waals surface area contributed by atoms with Crippen LogP contribution in [0.1, 0.15) is 12.5 Å². The highest BCUT2D eigenvalue weighted by molar-refractivity contribution is 9.10. The number of H-pyrrole nitrogens is 1. The summed E-state index contributed by atoms with van der Waals surface area (Å²) < 4.78 is 6.63. The highest BCUT2D eigenvalue weighted by Gasteiger charge is 2.17. The number of fused-ring (bicyclic) bond motifs is 2. The summed E-state index contributed by atoms with van der Waals surface area (Å²) in [6.07, 6.45) is -0.817. The van der Waals surface area contributed by atoms with Crippen LogP contribution in [0, 0.1) is 6.92 Å². The molecule has 3 aromatic carbocycles. The lowest BCUT2D eigenvalue weighted by Crippen LogP contribution is -2.21. The van der Waals surface area contributed by atoms with Gasteiger partial charge in [0.25, 0.3) is 0 Å². The first-order chi connectivity index (χ1) is 13.9. The molecule has 1 unspecified atom stereocenters. The minimum atomic E-state index is -0.817. The average molecular weight is 452 g/mol. The lowest BCUT2D eigenvalue weighted by Gasteiger charge is -2.11. The summed E-state index contributed by atoms with van der Waals surface area (Å²) in [7, 11) is 0. The fourth-order valence-corrected chi connectivity index (χ4v) is 3.42. The van der Waals surface area contributed by atoms with Gasteiger partial charge in [0, 0.05) is 9.86 Å². The summed E-state index contributed by atoms with van der Waals surface area (Å²) in [6.45, 7) is 3.55. The van der Waals surface area contributed by atoms with E-state index in [1.807, 2.05) is 61.5 Å². The summed E-state index contributed by atoms with van der Waals surface area (Å²) >= 11 is 3.45. The molecule has 0 saturated carbocycles. The monoisotopic (exact) mass is 451 g/mol. The van der Waals surface area contributed by atoms with Gasteiger partial charge in [-0.05, 0) is 54.4 Å². The van der Waals surface area contributed by atoms with Crippen LogP contribution in [0.3, 0.4) is 0 Å². The van der Waals surface area contributed by atoms with Crippen molar-refractivity contribution in [2.75, 3.05) is 0 Å². The number of carbonyl (C=O) groups excluding carboxylic acids is 1. The second kappa shape index (κ2) is 7.67. The molecule has 0 aliphatic rings. The van der Waals surface area contributed by atoms with Crippen LogP contribution in [0.4, 0.5) is 5.69 Å². The van der Waals surface area contributed by atoms with E-state index < -0.39 is 12.0 Å². The van der Waals surface area contributed by atoms with Gasteiger partial charge in [-0.1, -0.05) is 46.3 Å². The second-order valence-electron chi connectivity index (χ2n) is 6.78. The molecule has 0 aliphatic carbocycles. The van der Waals surface area contributed by atoms with E-state index in [-0.39, 0.29) is 11.6 Å². The molecule has 0 fully saturated rings. The third kappa shape index (κ3) is 3.86. The molecular weight excluding hydrogens is 434 g/mol. The number of aromatic amines is 1. The molecule has 0 bridgehead atoms. The Balaban J connectivity index is 1.53. The minimum Gasteiger partial charge on any atom is -0.493 e. The summed E-state index contributed by atoms with van der Waals surface area (Å²) in [5.74, 6) is -0.104. The smallest absolute Gasteiger partial charge is 0.304 e. The van der Waals surface area contributed by atoms with E-state index in [0.29, 0.717) is 16.7 Å². The van der Waals surface area contributed by atoms with Crippen molar-refractivity contribution in [3.05, 3.63) is 64.6 Å². The maximum absolute atomic E-state index is 12.4. The summed E-state index contributed by atoms with van der Waals surface area (Å²) in [6, 6.07) is 17.2. The van der Waals surface area contributed by atoms with Crippen LogP contribution in [0.2, 0.25) is 0 Å². The summed E-state index contributed by atoms with van der Waals surface area (Å²) in [4.78, 5) is 15.2. The van der Waals surface area contributed by atoms with Crippen molar-refractivity contribution in [1.82, 2.24) is 4.98 Å². The Hall–Kier alpha value is -3.19. The zero-order valence-corrected chi connectivity index (χ0v) is 17.4. The highest BCUT2D eigenvalue weighted by atomic mass is 79.9. The van der Waals surface area contributed by atoms with Crippen LogP contribution >= 0.6 is 15.9 Å². The van der Waals surface area contributed by atoms with Crippen LogP contribution in [-0.2, 0) is 4.79 Å². The Labute approximate surface area is 175 Å². The van der Waals surface area contributed by atoms with Gasteiger partial charge in [0.15, 0.2) is 11.8 Å². The average Bonchev–Trinajstić information content (AvgIpc) is 3.00. The van der Waals surface area contributed by atoms with Crippen LogP contribution in [-0.4, -0.2) is 22.1 Å². The number of hydrogen-bond donors (Lipinski definition) is 2. The Morgan fingerprint density at radius 1 is 1.14 bits per heavy atom. The number of aromatic hydroxyl groups is 1. The molecule has 6 nitrogen and oxygen atoms in total. The topological polar surface area (TPSA) is 87.0 Å². The predicted molar refractivity (Wildman–Crippen MR) is 116 cm³/mol. The number of azo groups is 1. The molecule has 29 heavy (non-hydrogen) atoms. The standard InChI is InChI=1S/C22H18BrN3O3/c1-12-9-17-19(11-18(12)23)24-22(28)20(17)25-26-21(27)13(2)29-16-8-7-14-5-3-4-6-15(14)10-16/h3-11,13,24,28H,1-2H3. The third-order valence-corrected chi connectivity index (χ3v) is 5.52. The third-order valence-electron chi connectivity index (χ3n) is 4.66. The number of ether oxygens (including phenoxy) is 1. The van der Waals surface area contributed by atoms with Gasteiger partial charge >= 0.3 is 5.91 Å². The first-order valence-electron chi connectivity index (χ1n) is 9.04. The van der Waals surface area contributed by atoms with Crippen LogP contribution in [0.15, 0.2) is 69.3 Å². The van der Waals surface area contributed by atoms with Crippen LogP contribution in [0.25, 0.3) is 21.7 Å². The highest BCUT2D eigenvalue weighted by Crippen LogP contribution is 2.37. The number of aryl methyl sites for hydroxylation is 1. The van der Waals surface area contributed by atoms with E-state index in [9.17, 15) is 9.90 Å². The minimum absolute atomic E-state index is 0.142. The fraction of sp³-hybridized carbons (Fsp3) is 0.136. The van der Waals surface area contributed by atoms with Gasteiger partial charge in [0.05, 0.1) is 5.52 Å². The van der Waals surface area contributed by atoms with Gasteiger partial charge in [-0.25, -0.2) is 0 Å². The van der Waals surface area contributed by atoms with Crippen molar-refractivity contribution in [2.45, 2.75) is 20.0 Å². The molecule has 0 saturated heterocycles. The van der Waals surface area contributed by atoms with Crippen LogP contribution in [0.5, 0.6) is 11.6 Å². The number of carbonyl (C=O) groups is 1.